The zero-order chi connectivity index (χ0) is 11.7. The molecule has 4 heteroatoms. The van der Waals surface area contributed by atoms with Crippen molar-refractivity contribution in [2.45, 2.75) is 32.2 Å². The van der Waals surface area contributed by atoms with Gasteiger partial charge in [0.1, 0.15) is 5.01 Å². The second-order valence-electron chi connectivity index (χ2n) is 4.61. The SMILES string of the molecule is Cc1nc(-c2ccc[nH]2)sc1CC1CCCN1. The van der Waals surface area contributed by atoms with Crippen LogP contribution in [0.1, 0.15) is 23.4 Å². The highest BCUT2D eigenvalue weighted by atomic mass is 32.1. The zero-order valence-electron chi connectivity index (χ0n) is 9.99. The van der Waals surface area contributed by atoms with Gasteiger partial charge in [0, 0.05) is 17.1 Å². The summed E-state index contributed by atoms with van der Waals surface area (Å²) in [5, 5.41) is 4.66. The number of aromatic nitrogens is 2. The summed E-state index contributed by atoms with van der Waals surface area (Å²) in [5.41, 5.74) is 2.32. The second-order valence-corrected chi connectivity index (χ2v) is 5.69. The summed E-state index contributed by atoms with van der Waals surface area (Å²) in [7, 11) is 0. The summed E-state index contributed by atoms with van der Waals surface area (Å²) in [5.74, 6) is 0. The van der Waals surface area contributed by atoms with Crippen molar-refractivity contribution in [3.8, 4) is 10.7 Å². The minimum Gasteiger partial charge on any atom is -0.359 e. The summed E-state index contributed by atoms with van der Waals surface area (Å²) in [4.78, 5) is 9.30. The lowest BCUT2D eigenvalue weighted by Crippen LogP contribution is -2.23. The lowest BCUT2D eigenvalue weighted by Gasteiger charge is -2.07. The maximum Gasteiger partial charge on any atom is 0.140 e. The monoisotopic (exact) mass is 247 g/mol. The van der Waals surface area contributed by atoms with Crippen molar-refractivity contribution in [2.24, 2.45) is 0 Å². The van der Waals surface area contributed by atoms with E-state index in [1.165, 1.54) is 30.0 Å². The summed E-state index contributed by atoms with van der Waals surface area (Å²) < 4.78 is 0. The Morgan fingerprint density at radius 1 is 1.53 bits per heavy atom. The van der Waals surface area contributed by atoms with Crippen molar-refractivity contribution in [2.75, 3.05) is 6.54 Å². The van der Waals surface area contributed by atoms with Crippen LogP contribution in [0.15, 0.2) is 18.3 Å². The molecule has 1 atom stereocenters. The van der Waals surface area contributed by atoms with Crippen LogP contribution in [-0.4, -0.2) is 22.6 Å². The van der Waals surface area contributed by atoms with E-state index in [0.29, 0.717) is 6.04 Å². The van der Waals surface area contributed by atoms with E-state index in [1.807, 2.05) is 23.6 Å². The highest BCUT2D eigenvalue weighted by Gasteiger charge is 2.18. The Bertz CT molecular complexity index is 481. The molecule has 0 saturated carbocycles. The largest absolute Gasteiger partial charge is 0.359 e. The van der Waals surface area contributed by atoms with Gasteiger partial charge in [-0.25, -0.2) is 4.98 Å². The molecule has 0 radical (unpaired) electrons. The molecule has 1 aliphatic rings. The molecule has 0 bridgehead atoms. The molecule has 0 aliphatic carbocycles. The van der Waals surface area contributed by atoms with Crippen molar-refractivity contribution >= 4 is 11.3 Å². The standard InChI is InChI=1S/C13H17N3S/c1-9-12(8-10-4-2-6-14-10)17-13(16-9)11-5-3-7-15-11/h3,5,7,10,14-15H,2,4,6,8H2,1H3. The van der Waals surface area contributed by atoms with Crippen LogP contribution in [0.2, 0.25) is 0 Å². The number of hydrogen-bond donors (Lipinski definition) is 2. The van der Waals surface area contributed by atoms with E-state index in [1.54, 1.807) is 0 Å². The maximum absolute atomic E-state index is 4.65. The molecule has 2 aromatic heterocycles. The van der Waals surface area contributed by atoms with Gasteiger partial charge in [0.2, 0.25) is 0 Å². The van der Waals surface area contributed by atoms with E-state index < -0.39 is 0 Å². The first-order valence-corrected chi connectivity index (χ1v) is 6.98. The van der Waals surface area contributed by atoms with Gasteiger partial charge in [-0.15, -0.1) is 11.3 Å². The van der Waals surface area contributed by atoms with Gasteiger partial charge in [-0.05, 0) is 44.9 Å². The zero-order valence-corrected chi connectivity index (χ0v) is 10.8. The molecule has 3 heterocycles. The lowest BCUT2D eigenvalue weighted by molar-refractivity contribution is 0.606. The van der Waals surface area contributed by atoms with Gasteiger partial charge in [-0.2, -0.15) is 0 Å². The van der Waals surface area contributed by atoms with Crippen LogP contribution in [0.5, 0.6) is 0 Å². The molecule has 17 heavy (non-hydrogen) atoms. The average Bonchev–Trinajstić information content (AvgIpc) is 3.02. The van der Waals surface area contributed by atoms with Crippen LogP contribution in [0.25, 0.3) is 10.7 Å². The van der Waals surface area contributed by atoms with Gasteiger partial charge in [-0.3, -0.25) is 0 Å². The average molecular weight is 247 g/mol. The molecule has 1 aliphatic heterocycles. The number of thiazole rings is 1. The molecule has 90 valence electrons. The number of aryl methyl sites for hydroxylation is 1. The van der Waals surface area contributed by atoms with Gasteiger partial charge < -0.3 is 10.3 Å². The first-order valence-electron chi connectivity index (χ1n) is 6.16. The molecule has 3 nitrogen and oxygen atoms in total. The number of aromatic amines is 1. The fraction of sp³-hybridized carbons (Fsp3) is 0.462. The quantitative estimate of drug-likeness (QED) is 0.875. The van der Waals surface area contributed by atoms with Crippen molar-refractivity contribution in [1.29, 1.82) is 0 Å². The number of H-pyrrole nitrogens is 1. The number of rotatable bonds is 3. The molecule has 3 rings (SSSR count). The molecule has 1 fully saturated rings. The minimum atomic E-state index is 0.658. The second kappa shape index (κ2) is 4.63. The lowest BCUT2D eigenvalue weighted by atomic mass is 10.1. The Morgan fingerprint density at radius 2 is 2.47 bits per heavy atom. The van der Waals surface area contributed by atoms with Crippen LogP contribution < -0.4 is 5.32 Å². The Balaban J connectivity index is 1.80. The molecular weight excluding hydrogens is 230 g/mol. The Hall–Kier alpha value is -1.13. The third kappa shape index (κ3) is 2.28. The summed E-state index contributed by atoms with van der Waals surface area (Å²) in [6, 6.07) is 4.76. The maximum atomic E-state index is 4.65. The van der Waals surface area contributed by atoms with Gasteiger partial charge in [0.15, 0.2) is 0 Å². The van der Waals surface area contributed by atoms with E-state index in [-0.39, 0.29) is 0 Å². The number of nitrogens with zero attached hydrogens (tertiary/aromatic N) is 1. The Kier molecular flexibility index (Phi) is 2.99. The van der Waals surface area contributed by atoms with E-state index in [4.69, 9.17) is 0 Å². The normalized spacial score (nSPS) is 19.9. The molecule has 2 N–H and O–H groups in total. The van der Waals surface area contributed by atoms with Crippen LogP contribution in [-0.2, 0) is 6.42 Å². The van der Waals surface area contributed by atoms with Gasteiger partial charge in [-0.1, -0.05) is 0 Å². The topological polar surface area (TPSA) is 40.7 Å². The minimum absolute atomic E-state index is 0.658. The van der Waals surface area contributed by atoms with Crippen molar-refractivity contribution in [3.63, 3.8) is 0 Å². The van der Waals surface area contributed by atoms with E-state index >= 15 is 0 Å². The summed E-state index contributed by atoms with van der Waals surface area (Å²) in [6.07, 6.45) is 5.69. The van der Waals surface area contributed by atoms with Crippen LogP contribution >= 0.6 is 11.3 Å². The number of hydrogen-bond acceptors (Lipinski definition) is 3. The molecular formula is C13H17N3S. The molecule has 0 aromatic carbocycles. The van der Waals surface area contributed by atoms with Gasteiger partial charge >= 0.3 is 0 Å². The van der Waals surface area contributed by atoms with Crippen molar-refractivity contribution < 1.29 is 0 Å². The van der Waals surface area contributed by atoms with Crippen LogP contribution in [0, 0.1) is 6.92 Å². The van der Waals surface area contributed by atoms with Crippen LogP contribution in [0.3, 0.4) is 0 Å². The highest BCUT2D eigenvalue weighted by Crippen LogP contribution is 2.28. The fourth-order valence-corrected chi connectivity index (χ4v) is 3.48. The van der Waals surface area contributed by atoms with Crippen LogP contribution in [0.4, 0.5) is 0 Å². The third-order valence-electron chi connectivity index (χ3n) is 3.32. The summed E-state index contributed by atoms with van der Waals surface area (Å²) >= 11 is 1.82. The third-order valence-corrected chi connectivity index (χ3v) is 4.53. The predicted molar refractivity (Wildman–Crippen MR) is 71.4 cm³/mol. The first-order chi connectivity index (χ1) is 8.33. The van der Waals surface area contributed by atoms with E-state index in [2.05, 4.69) is 28.3 Å². The first kappa shape index (κ1) is 11.0. The molecule has 0 spiro atoms. The van der Waals surface area contributed by atoms with Gasteiger partial charge in [0.05, 0.1) is 11.4 Å². The fourth-order valence-electron chi connectivity index (χ4n) is 2.35. The summed E-state index contributed by atoms with van der Waals surface area (Å²) in [6.45, 7) is 3.29. The van der Waals surface area contributed by atoms with Crippen molar-refractivity contribution in [1.82, 2.24) is 15.3 Å². The van der Waals surface area contributed by atoms with E-state index in [0.717, 1.165) is 17.1 Å². The predicted octanol–water partition coefficient (Wildman–Crippen LogP) is 2.74. The molecule has 0 amide bonds. The Morgan fingerprint density at radius 3 is 3.18 bits per heavy atom. The molecule has 1 saturated heterocycles. The smallest absolute Gasteiger partial charge is 0.140 e. The van der Waals surface area contributed by atoms with E-state index in [9.17, 15) is 0 Å². The highest BCUT2D eigenvalue weighted by molar-refractivity contribution is 7.15. The number of nitrogens with one attached hydrogen (secondary N) is 2. The van der Waals surface area contributed by atoms with Crippen molar-refractivity contribution in [3.05, 3.63) is 28.9 Å². The van der Waals surface area contributed by atoms with Gasteiger partial charge in [0.25, 0.3) is 0 Å². The molecule has 2 aromatic rings. The Labute approximate surface area is 105 Å². The molecule has 1 unspecified atom stereocenters.